The zero-order valence-corrected chi connectivity index (χ0v) is 19.7. The van der Waals surface area contributed by atoms with E-state index in [1.54, 1.807) is 54.7 Å². The first kappa shape index (κ1) is 22.7. The first-order valence-electron chi connectivity index (χ1n) is 11.0. The minimum Gasteiger partial charge on any atom is -0.378 e. The van der Waals surface area contributed by atoms with Crippen LogP contribution in [0.15, 0.2) is 72.0 Å². The standard InChI is InChI=1S/C24H23N7O3S/c1-31-22(29-30-23(31)20-9-11-25-15-27-20)14-26-17-6-4-5-16(13-17)24(32)28-19-10-12-35(33,34)21-8-3-2-7-18(19)21/h2-9,11,13,15,19,26H,10,12,14H2,1H3,(H,28,32). The van der Waals surface area contributed by atoms with Crippen LogP contribution in [0, 0.1) is 0 Å². The zero-order valence-electron chi connectivity index (χ0n) is 18.9. The summed E-state index contributed by atoms with van der Waals surface area (Å²) in [7, 11) is -1.46. The number of anilines is 1. The molecule has 1 atom stereocenters. The molecule has 0 fully saturated rings. The molecule has 0 saturated carbocycles. The van der Waals surface area contributed by atoms with Gasteiger partial charge in [-0.1, -0.05) is 24.3 Å². The van der Waals surface area contributed by atoms with Crippen molar-refractivity contribution in [2.24, 2.45) is 7.05 Å². The molecule has 2 aromatic carbocycles. The van der Waals surface area contributed by atoms with Crippen molar-refractivity contribution in [2.75, 3.05) is 11.1 Å². The SMILES string of the molecule is Cn1c(CNc2cccc(C(=O)NC3CCS(=O)(=O)c4ccccc43)c2)nnc1-c1ccncn1. The van der Waals surface area contributed by atoms with Gasteiger partial charge in [-0.05, 0) is 42.3 Å². The summed E-state index contributed by atoms with van der Waals surface area (Å²) in [5.41, 5.74) is 2.52. The molecule has 5 rings (SSSR count). The van der Waals surface area contributed by atoms with Crippen molar-refractivity contribution >= 4 is 21.4 Å². The molecule has 2 N–H and O–H groups in total. The number of rotatable bonds is 6. The Bertz CT molecular complexity index is 1490. The number of nitrogens with zero attached hydrogens (tertiary/aromatic N) is 5. The van der Waals surface area contributed by atoms with E-state index in [0.717, 1.165) is 5.69 Å². The van der Waals surface area contributed by atoms with Gasteiger partial charge in [0.15, 0.2) is 21.5 Å². The Morgan fingerprint density at radius 3 is 2.80 bits per heavy atom. The van der Waals surface area contributed by atoms with E-state index >= 15 is 0 Å². The van der Waals surface area contributed by atoms with Crippen molar-refractivity contribution in [1.29, 1.82) is 0 Å². The topological polar surface area (TPSA) is 132 Å². The number of hydrogen-bond acceptors (Lipinski definition) is 8. The number of amides is 1. The molecule has 1 aliphatic rings. The molecule has 178 valence electrons. The molecular weight excluding hydrogens is 466 g/mol. The van der Waals surface area contributed by atoms with Crippen molar-refractivity contribution in [3.8, 4) is 11.5 Å². The fourth-order valence-electron chi connectivity index (χ4n) is 4.09. The Balaban J connectivity index is 1.28. The quantitative estimate of drug-likeness (QED) is 0.422. The molecule has 35 heavy (non-hydrogen) atoms. The van der Waals surface area contributed by atoms with E-state index in [-0.39, 0.29) is 22.6 Å². The van der Waals surface area contributed by atoms with Gasteiger partial charge >= 0.3 is 0 Å². The van der Waals surface area contributed by atoms with Crippen LogP contribution in [0.25, 0.3) is 11.5 Å². The summed E-state index contributed by atoms with van der Waals surface area (Å²) in [5.74, 6) is 1.07. The number of hydrogen-bond donors (Lipinski definition) is 2. The average molecular weight is 490 g/mol. The summed E-state index contributed by atoms with van der Waals surface area (Å²) in [6, 6.07) is 15.4. The molecule has 1 amide bonds. The number of carbonyl (C=O) groups is 1. The molecule has 0 saturated heterocycles. The number of fused-ring (bicyclic) bond motifs is 1. The normalized spacial score (nSPS) is 16.3. The maximum atomic E-state index is 13.0. The van der Waals surface area contributed by atoms with Gasteiger partial charge in [-0.2, -0.15) is 0 Å². The number of benzene rings is 2. The van der Waals surface area contributed by atoms with Crippen LogP contribution in [-0.4, -0.2) is 44.8 Å². The highest BCUT2D eigenvalue weighted by molar-refractivity contribution is 7.91. The number of aromatic nitrogens is 5. The van der Waals surface area contributed by atoms with E-state index in [0.29, 0.717) is 41.4 Å². The number of nitrogens with one attached hydrogen (secondary N) is 2. The smallest absolute Gasteiger partial charge is 0.251 e. The molecule has 3 heterocycles. The Morgan fingerprint density at radius 1 is 1.11 bits per heavy atom. The molecule has 2 aromatic heterocycles. The lowest BCUT2D eigenvalue weighted by Gasteiger charge is -2.26. The zero-order chi connectivity index (χ0) is 24.4. The van der Waals surface area contributed by atoms with Gasteiger partial charge in [-0.3, -0.25) is 4.79 Å². The van der Waals surface area contributed by atoms with Crippen LogP contribution in [0.5, 0.6) is 0 Å². The van der Waals surface area contributed by atoms with Crippen molar-refractivity contribution in [3.05, 3.63) is 84.1 Å². The lowest BCUT2D eigenvalue weighted by molar-refractivity contribution is 0.0934. The third-order valence-corrected chi connectivity index (χ3v) is 7.78. The van der Waals surface area contributed by atoms with Crippen molar-refractivity contribution in [3.63, 3.8) is 0 Å². The molecule has 11 heteroatoms. The van der Waals surface area contributed by atoms with Crippen LogP contribution < -0.4 is 10.6 Å². The molecule has 0 bridgehead atoms. The summed E-state index contributed by atoms with van der Waals surface area (Å²) in [5, 5.41) is 14.7. The maximum Gasteiger partial charge on any atom is 0.251 e. The van der Waals surface area contributed by atoms with Gasteiger partial charge in [-0.15, -0.1) is 10.2 Å². The van der Waals surface area contributed by atoms with Crippen molar-refractivity contribution < 1.29 is 13.2 Å². The summed E-state index contributed by atoms with van der Waals surface area (Å²) in [6.45, 7) is 0.396. The first-order chi connectivity index (χ1) is 16.9. The second-order valence-electron chi connectivity index (χ2n) is 8.20. The second kappa shape index (κ2) is 9.26. The minimum absolute atomic E-state index is 0.00522. The molecule has 10 nitrogen and oxygen atoms in total. The fourth-order valence-corrected chi connectivity index (χ4v) is 5.72. The first-order valence-corrected chi connectivity index (χ1v) is 12.7. The molecule has 1 unspecified atom stereocenters. The van der Waals surface area contributed by atoms with Crippen LogP contribution in [0.4, 0.5) is 5.69 Å². The molecule has 1 aliphatic heterocycles. The number of sulfone groups is 1. The predicted molar refractivity (Wildman–Crippen MR) is 129 cm³/mol. The minimum atomic E-state index is -3.32. The van der Waals surface area contributed by atoms with Crippen molar-refractivity contribution in [1.82, 2.24) is 30.0 Å². The Morgan fingerprint density at radius 2 is 1.97 bits per heavy atom. The Labute approximate surface area is 202 Å². The van der Waals surface area contributed by atoms with Gasteiger partial charge in [0.05, 0.1) is 23.2 Å². The Hall–Kier alpha value is -4.12. The van der Waals surface area contributed by atoms with Crippen molar-refractivity contribution in [2.45, 2.75) is 23.9 Å². The third-order valence-electron chi connectivity index (χ3n) is 5.96. The maximum absolute atomic E-state index is 13.0. The predicted octanol–water partition coefficient (Wildman–Crippen LogP) is 2.53. The summed E-state index contributed by atoms with van der Waals surface area (Å²) >= 11 is 0. The second-order valence-corrected chi connectivity index (χ2v) is 10.3. The lowest BCUT2D eigenvalue weighted by atomic mass is 10.0. The van der Waals surface area contributed by atoms with Crippen LogP contribution in [0.3, 0.4) is 0 Å². The molecular formula is C24H23N7O3S. The van der Waals surface area contributed by atoms with E-state index in [1.807, 2.05) is 17.7 Å². The van der Waals surface area contributed by atoms with E-state index < -0.39 is 9.84 Å². The van der Waals surface area contributed by atoms with Gasteiger partial charge in [0.25, 0.3) is 5.91 Å². The molecule has 0 aliphatic carbocycles. The van der Waals surface area contributed by atoms with Crippen LogP contribution in [0.1, 0.15) is 34.2 Å². The monoisotopic (exact) mass is 489 g/mol. The van der Waals surface area contributed by atoms with Gasteiger partial charge in [-0.25, -0.2) is 18.4 Å². The molecule has 0 radical (unpaired) electrons. The summed E-state index contributed by atoms with van der Waals surface area (Å²) in [6.07, 6.45) is 3.45. The lowest BCUT2D eigenvalue weighted by Crippen LogP contribution is -2.33. The van der Waals surface area contributed by atoms with E-state index in [1.165, 1.54) is 6.33 Å². The Kier molecular flexibility index (Phi) is 6.00. The van der Waals surface area contributed by atoms with Gasteiger partial charge in [0, 0.05) is 24.5 Å². The third kappa shape index (κ3) is 4.62. The summed E-state index contributed by atoms with van der Waals surface area (Å²) in [4.78, 5) is 21.4. The van der Waals surface area contributed by atoms with E-state index in [4.69, 9.17) is 0 Å². The summed E-state index contributed by atoms with van der Waals surface area (Å²) < 4.78 is 26.6. The highest BCUT2D eigenvalue weighted by Gasteiger charge is 2.30. The van der Waals surface area contributed by atoms with Gasteiger partial charge < -0.3 is 15.2 Å². The number of carbonyl (C=O) groups excluding carboxylic acids is 1. The van der Waals surface area contributed by atoms with Gasteiger partial charge in [0.2, 0.25) is 0 Å². The van der Waals surface area contributed by atoms with Crippen LogP contribution >= 0.6 is 0 Å². The van der Waals surface area contributed by atoms with E-state index in [9.17, 15) is 13.2 Å². The van der Waals surface area contributed by atoms with Crippen LogP contribution in [0.2, 0.25) is 0 Å². The highest BCUT2D eigenvalue weighted by Crippen LogP contribution is 2.32. The van der Waals surface area contributed by atoms with Crippen LogP contribution in [-0.2, 0) is 23.4 Å². The fraction of sp³-hybridized carbons (Fsp3) is 0.208. The molecule has 4 aromatic rings. The highest BCUT2D eigenvalue weighted by atomic mass is 32.2. The van der Waals surface area contributed by atoms with E-state index in [2.05, 4.69) is 30.8 Å². The largest absolute Gasteiger partial charge is 0.378 e. The average Bonchev–Trinajstić information content (AvgIpc) is 3.25. The molecule has 0 spiro atoms. The van der Waals surface area contributed by atoms with Gasteiger partial charge in [0.1, 0.15) is 12.0 Å².